The highest BCUT2D eigenvalue weighted by molar-refractivity contribution is 5.75. The molecule has 4 nitrogen and oxygen atoms in total. The van der Waals surface area contributed by atoms with Gasteiger partial charge in [0.1, 0.15) is 5.75 Å². The van der Waals surface area contributed by atoms with E-state index in [1.807, 2.05) is 38.1 Å². The molecule has 2 rings (SSSR count). The van der Waals surface area contributed by atoms with Crippen molar-refractivity contribution in [1.29, 1.82) is 0 Å². The molecule has 0 saturated carbocycles. The molecule has 0 aliphatic heterocycles. The topological polar surface area (TPSA) is 58.6 Å². The molecule has 146 valence electrons. The Labute approximate surface area is 162 Å². The number of carbonyl (C=O) groups is 1. The smallest absolute Gasteiger partial charge is 0.313 e. The molecular formula is C23H31NO3. The second kappa shape index (κ2) is 10.2. The number of benzene rings is 2. The van der Waals surface area contributed by atoms with Crippen LogP contribution in [0.15, 0.2) is 48.5 Å². The van der Waals surface area contributed by atoms with Crippen LogP contribution in [0.5, 0.6) is 5.75 Å². The first-order valence-corrected chi connectivity index (χ1v) is 9.66. The van der Waals surface area contributed by atoms with Gasteiger partial charge in [-0.1, -0.05) is 64.1 Å². The first kappa shape index (κ1) is 21.1. The number of esters is 1. The minimum absolute atomic E-state index is 0.0445. The van der Waals surface area contributed by atoms with Crippen LogP contribution < -0.4 is 10.1 Å². The van der Waals surface area contributed by atoms with Gasteiger partial charge < -0.3 is 15.2 Å². The van der Waals surface area contributed by atoms with Crippen molar-refractivity contribution in [3.8, 4) is 5.75 Å². The lowest BCUT2D eigenvalue weighted by atomic mass is 9.87. The standard InChI is InChI=1S/C23H31NO3/c1-16(2)23(26)27-22-11-10-18(15-25)14-21(22)20(12-13-24-17(3)4)19-8-6-5-7-9-19/h5-11,14,16-17,20,24-25H,12-13,15H2,1-4H3. The Kier molecular flexibility index (Phi) is 8.01. The lowest BCUT2D eigenvalue weighted by Crippen LogP contribution is -2.25. The Morgan fingerprint density at radius 3 is 2.37 bits per heavy atom. The van der Waals surface area contributed by atoms with Gasteiger partial charge in [-0.05, 0) is 36.2 Å². The Morgan fingerprint density at radius 1 is 1.07 bits per heavy atom. The van der Waals surface area contributed by atoms with Gasteiger partial charge >= 0.3 is 5.97 Å². The van der Waals surface area contributed by atoms with Crippen molar-refractivity contribution in [1.82, 2.24) is 5.32 Å². The van der Waals surface area contributed by atoms with Gasteiger partial charge in [-0.15, -0.1) is 0 Å². The van der Waals surface area contributed by atoms with Crippen molar-refractivity contribution < 1.29 is 14.6 Å². The van der Waals surface area contributed by atoms with Gasteiger partial charge in [-0.25, -0.2) is 0 Å². The van der Waals surface area contributed by atoms with E-state index in [1.165, 1.54) is 5.56 Å². The van der Waals surface area contributed by atoms with Crippen LogP contribution in [0.2, 0.25) is 0 Å². The summed E-state index contributed by atoms with van der Waals surface area (Å²) in [5, 5.41) is 13.1. The van der Waals surface area contributed by atoms with Crippen LogP contribution in [0.1, 0.15) is 56.7 Å². The minimum atomic E-state index is -0.250. The zero-order valence-electron chi connectivity index (χ0n) is 16.7. The molecule has 4 heteroatoms. The van der Waals surface area contributed by atoms with E-state index in [0.717, 1.165) is 24.1 Å². The largest absolute Gasteiger partial charge is 0.426 e. The second-order valence-corrected chi connectivity index (χ2v) is 7.47. The molecule has 0 aliphatic rings. The van der Waals surface area contributed by atoms with Crippen LogP contribution in [0.4, 0.5) is 0 Å². The molecule has 27 heavy (non-hydrogen) atoms. The third-order valence-corrected chi connectivity index (χ3v) is 4.50. The molecule has 0 aliphatic carbocycles. The van der Waals surface area contributed by atoms with E-state index in [4.69, 9.17) is 4.74 Å². The fourth-order valence-electron chi connectivity index (χ4n) is 2.99. The molecule has 0 spiro atoms. The molecule has 2 N–H and O–H groups in total. The van der Waals surface area contributed by atoms with Crippen molar-refractivity contribution in [2.75, 3.05) is 6.54 Å². The number of ether oxygens (including phenoxy) is 1. The summed E-state index contributed by atoms with van der Waals surface area (Å²) in [5.74, 6) is 0.191. The summed E-state index contributed by atoms with van der Waals surface area (Å²) in [4.78, 5) is 12.2. The maximum Gasteiger partial charge on any atom is 0.313 e. The lowest BCUT2D eigenvalue weighted by molar-refractivity contribution is -0.137. The summed E-state index contributed by atoms with van der Waals surface area (Å²) in [7, 11) is 0. The summed E-state index contributed by atoms with van der Waals surface area (Å²) < 4.78 is 5.70. The SMILES string of the molecule is CC(C)NCCC(c1ccccc1)c1cc(CO)ccc1OC(=O)C(C)C. The highest BCUT2D eigenvalue weighted by Crippen LogP contribution is 2.35. The Morgan fingerprint density at radius 2 is 1.78 bits per heavy atom. The third kappa shape index (κ3) is 6.19. The van der Waals surface area contributed by atoms with E-state index in [-0.39, 0.29) is 24.4 Å². The average molecular weight is 370 g/mol. The molecule has 2 aromatic rings. The molecule has 0 fully saturated rings. The Hall–Kier alpha value is -2.17. The number of nitrogens with one attached hydrogen (secondary N) is 1. The third-order valence-electron chi connectivity index (χ3n) is 4.50. The normalized spacial score (nSPS) is 12.4. The van der Waals surface area contributed by atoms with Gasteiger partial charge in [0.2, 0.25) is 0 Å². The van der Waals surface area contributed by atoms with E-state index < -0.39 is 0 Å². The highest BCUT2D eigenvalue weighted by Gasteiger charge is 2.21. The summed E-state index contributed by atoms with van der Waals surface area (Å²) >= 11 is 0. The molecule has 1 unspecified atom stereocenters. The Bertz CT molecular complexity index is 726. The summed E-state index contributed by atoms with van der Waals surface area (Å²) in [6.07, 6.45) is 0.864. The van der Waals surface area contributed by atoms with E-state index >= 15 is 0 Å². The Balaban J connectivity index is 2.43. The number of hydrogen-bond acceptors (Lipinski definition) is 4. The first-order chi connectivity index (χ1) is 12.9. The van der Waals surface area contributed by atoms with Gasteiger partial charge in [-0.3, -0.25) is 4.79 Å². The van der Waals surface area contributed by atoms with E-state index in [9.17, 15) is 9.90 Å². The average Bonchev–Trinajstić information content (AvgIpc) is 2.66. The first-order valence-electron chi connectivity index (χ1n) is 9.66. The maximum absolute atomic E-state index is 12.2. The second-order valence-electron chi connectivity index (χ2n) is 7.47. The van der Waals surface area contributed by atoms with E-state index in [2.05, 4.69) is 31.3 Å². The van der Waals surface area contributed by atoms with Crippen molar-refractivity contribution >= 4 is 5.97 Å². The molecule has 2 aromatic carbocycles. The predicted molar refractivity (Wildman–Crippen MR) is 109 cm³/mol. The maximum atomic E-state index is 12.2. The van der Waals surface area contributed by atoms with Gasteiger partial charge in [0.15, 0.2) is 0 Å². The van der Waals surface area contributed by atoms with Crippen LogP contribution in [0, 0.1) is 5.92 Å². The molecule has 0 amide bonds. The zero-order chi connectivity index (χ0) is 19.8. The molecule has 0 radical (unpaired) electrons. The molecule has 0 aromatic heterocycles. The van der Waals surface area contributed by atoms with Crippen molar-refractivity contribution in [3.63, 3.8) is 0 Å². The van der Waals surface area contributed by atoms with Gasteiger partial charge in [0.05, 0.1) is 12.5 Å². The highest BCUT2D eigenvalue weighted by atomic mass is 16.5. The molecule has 1 atom stereocenters. The number of rotatable bonds is 9. The van der Waals surface area contributed by atoms with Crippen LogP contribution in [0.25, 0.3) is 0 Å². The summed E-state index contributed by atoms with van der Waals surface area (Å²) in [6.45, 7) is 8.70. The van der Waals surface area contributed by atoms with E-state index in [0.29, 0.717) is 11.8 Å². The number of aliphatic hydroxyl groups excluding tert-OH is 1. The van der Waals surface area contributed by atoms with Gasteiger partial charge in [-0.2, -0.15) is 0 Å². The minimum Gasteiger partial charge on any atom is -0.426 e. The van der Waals surface area contributed by atoms with Crippen LogP contribution in [-0.2, 0) is 11.4 Å². The lowest BCUT2D eigenvalue weighted by Gasteiger charge is -2.23. The molecule has 0 saturated heterocycles. The monoisotopic (exact) mass is 369 g/mol. The van der Waals surface area contributed by atoms with Crippen molar-refractivity contribution in [2.24, 2.45) is 5.92 Å². The summed E-state index contributed by atoms with van der Waals surface area (Å²) in [6, 6.07) is 16.2. The van der Waals surface area contributed by atoms with Gasteiger partial charge in [0, 0.05) is 17.5 Å². The fraction of sp³-hybridized carbons (Fsp3) is 0.435. The molecular weight excluding hydrogens is 338 g/mol. The molecule has 0 heterocycles. The summed E-state index contributed by atoms with van der Waals surface area (Å²) in [5.41, 5.74) is 2.92. The number of carbonyl (C=O) groups excluding carboxylic acids is 1. The van der Waals surface area contributed by atoms with E-state index in [1.54, 1.807) is 12.1 Å². The van der Waals surface area contributed by atoms with Crippen LogP contribution >= 0.6 is 0 Å². The van der Waals surface area contributed by atoms with Crippen molar-refractivity contribution in [3.05, 3.63) is 65.2 Å². The quantitative estimate of drug-likeness (QED) is 0.512. The number of hydrogen-bond donors (Lipinski definition) is 2. The number of aliphatic hydroxyl groups is 1. The fourth-order valence-corrected chi connectivity index (χ4v) is 2.99. The predicted octanol–water partition coefficient (Wildman–Crippen LogP) is 4.26. The zero-order valence-corrected chi connectivity index (χ0v) is 16.7. The van der Waals surface area contributed by atoms with Gasteiger partial charge in [0.25, 0.3) is 0 Å². The van der Waals surface area contributed by atoms with Crippen LogP contribution in [0.3, 0.4) is 0 Å². The van der Waals surface area contributed by atoms with Crippen molar-refractivity contribution in [2.45, 2.75) is 52.7 Å². The van der Waals surface area contributed by atoms with Crippen LogP contribution in [-0.4, -0.2) is 23.7 Å². The molecule has 0 bridgehead atoms.